The van der Waals surface area contributed by atoms with E-state index in [2.05, 4.69) is 15.5 Å². The van der Waals surface area contributed by atoms with Crippen molar-refractivity contribution in [3.8, 4) is 0 Å². The first-order valence-corrected chi connectivity index (χ1v) is 6.42. The summed E-state index contributed by atoms with van der Waals surface area (Å²) in [4.78, 5) is 22.5. The average molecular weight is 267 g/mol. The van der Waals surface area contributed by atoms with Crippen LogP contribution in [0.5, 0.6) is 0 Å². The van der Waals surface area contributed by atoms with Gasteiger partial charge in [0.2, 0.25) is 5.91 Å². The fourth-order valence-corrected chi connectivity index (χ4v) is 1.72. The van der Waals surface area contributed by atoms with E-state index in [1.165, 1.54) is 0 Å². The third-order valence-corrected chi connectivity index (χ3v) is 3.41. The van der Waals surface area contributed by atoms with Gasteiger partial charge in [0.05, 0.1) is 12.1 Å². The van der Waals surface area contributed by atoms with Gasteiger partial charge in [0, 0.05) is 18.2 Å². The van der Waals surface area contributed by atoms with Crippen LogP contribution in [0, 0.1) is 18.8 Å². The number of carbonyl (C=O) groups is 2. The fraction of sp³-hybridized carbons (Fsp3) is 0.615. The van der Waals surface area contributed by atoms with Crippen LogP contribution in [0.1, 0.15) is 31.5 Å². The molecule has 1 amide bonds. The van der Waals surface area contributed by atoms with Crippen molar-refractivity contribution in [1.29, 1.82) is 0 Å². The second-order valence-electron chi connectivity index (χ2n) is 4.83. The summed E-state index contributed by atoms with van der Waals surface area (Å²) in [7, 11) is 0. The number of hydrogen-bond acceptors (Lipinski definition) is 3. The third-order valence-electron chi connectivity index (χ3n) is 3.41. The topological polar surface area (TPSA) is 95.1 Å². The van der Waals surface area contributed by atoms with Gasteiger partial charge in [-0.2, -0.15) is 5.10 Å². The highest BCUT2D eigenvalue weighted by Crippen LogP contribution is 2.11. The molecule has 0 aliphatic heterocycles. The molecule has 0 saturated heterocycles. The number of H-pyrrole nitrogens is 1. The normalized spacial score (nSPS) is 13.8. The largest absolute Gasteiger partial charge is 0.481 e. The summed E-state index contributed by atoms with van der Waals surface area (Å²) in [6.07, 6.45) is 3.43. The number of rotatable bonds is 7. The molecule has 1 aromatic heterocycles. The van der Waals surface area contributed by atoms with Crippen molar-refractivity contribution >= 4 is 11.9 Å². The van der Waals surface area contributed by atoms with E-state index in [0.717, 1.165) is 24.1 Å². The zero-order chi connectivity index (χ0) is 14.4. The van der Waals surface area contributed by atoms with Crippen LogP contribution in [0.2, 0.25) is 0 Å². The lowest BCUT2D eigenvalue weighted by Gasteiger charge is -2.15. The molecule has 1 heterocycles. The number of nitrogens with zero attached hydrogens (tertiary/aromatic N) is 1. The molecule has 0 fully saturated rings. The third kappa shape index (κ3) is 4.39. The summed E-state index contributed by atoms with van der Waals surface area (Å²) in [5.41, 5.74) is 2.18. The fourth-order valence-electron chi connectivity index (χ4n) is 1.72. The van der Waals surface area contributed by atoms with Crippen molar-refractivity contribution in [3.05, 3.63) is 17.5 Å². The molecule has 6 nitrogen and oxygen atoms in total. The average Bonchev–Trinajstić information content (AvgIpc) is 2.78. The van der Waals surface area contributed by atoms with E-state index < -0.39 is 17.8 Å². The van der Waals surface area contributed by atoms with Gasteiger partial charge in [0.25, 0.3) is 0 Å². The molecule has 0 saturated carbocycles. The van der Waals surface area contributed by atoms with E-state index in [4.69, 9.17) is 5.11 Å². The van der Waals surface area contributed by atoms with Gasteiger partial charge >= 0.3 is 5.97 Å². The van der Waals surface area contributed by atoms with Crippen molar-refractivity contribution in [2.75, 3.05) is 6.54 Å². The Hall–Kier alpha value is -1.85. The maximum absolute atomic E-state index is 11.7. The van der Waals surface area contributed by atoms with E-state index >= 15 is 0 Å². The predicted octanol–water partition coefficient (Wildman–Crippen LogP) is 1.12. The van der Waals surface area contributed by atoms with Crippen LogP contribution in [0.25, 0.3) is 0 Å². The molecular formula is C13H21N3O3. The number of aliphatic carboxylic acids is 1. The van der Waals surface area contributed by atoms with Crippen LogP contribution in [0.15, 0.2) is 6.20 Å². The Kier molecular flexibility index (Phi) is 5.54. The smallest absolute Gasteiger partial charge is 0.307 e. The van der Waals surface area contributed by atoms with E-state index in [0.29, 0.717) is 6.54 Å². The number of carbonyl (C=O) groups excluding carboxylic acids is 1. The molecule has 0 aromatic carbocycles. The monoisotopic (exact) mass is 267 g/mol. The Labute approximate surface area is 112 Å². The van der Waals surface area contributed by atoms with Crippen LogP contribution in [-0.4, -0.2) is 33.7 Å². The molecule has 0 aliphatic carbocycles. The zero-order valence-corrected chi connectivity index (χ0v) is 11.6. The molecule has 0 spiro atoms. The molecule has 0 radical (unpaired) electrons. The maximum Gasteiger partial charge on any atom is 0.307 e. The van der Waals surface area contributed by atoms with Gasteiger partial charge in [-0.05, 0) is 25.3 Å². The maximum atomic E-state index is 11.7. The highest BCUT2D eigenvalue weighted by Gasteiger charge is 2.25. The van der Waals surface area contributed by atoms with E-state index in [9.17, 15) is 9.59 Å². The van der Waals surface area contributed by atoms with Crippen LogP contribution in [-0.2, 0) is 16.0 Å². The van der Waals surface area contributed by atoms with E-state index in [1.807, 2.05) is 6.92 Å². The molecule has 1 rings (SSSR count). The Morgan fingerprint density at radius 1 is 1.42 bits per heavy atom. The van der Waals surface area contributed by atoms with E-state index in [-0.39, 0.29) is 5.91 Å². The number of carboxylic acid groups (broad SMARTS) is 1. The standard InChI is InChI=1S/C13H21N3O3/c1-8(9(2)13(18)19)12(17)14-6-4-5-11-7-15-16-10(11)3/h7-9H,4-6H2,1-3H3,(H,14,17)(H,15,16)(H,18,19). The second-order valence-corrected chi connectivity index (χ2v) is 4.83. The minimum absolute atomic E-state index is 0.209. The molecule has 2 atom stereocenters. The first-order chi connectivity index (χ1) is 8.93. The summed E-state index contributed by atoms with van der Waals surface area (Å²) in [5, 5.41) is 18.4. The van der Waals surface area contributed by atoms with Gasteiger partial charge in [0.1, 0.15) is 0 Å². The van der Waals surface area contributed by atoms with Gasteiger partial charge in [0.15, 0.2) is 0 Å². The summed E-state index contributed by atoms with van der Waals surface area (Å²) >= 11 is 0. The minimum atomic E-state index is -0.948. The van der Waals surface area contributed by atoms with Crippen molar-refractivity contribution in [2.24, 2.45) is 11.8 Å². The van der Waals surface area contributed by atoms with Gasteiger partial charge in [-0.3, -0.25) is 14.7 Å². The molecule has 106 valence electrons. The van der Waals surface area contributed by atoms with Gasteiger partial charge in [-0.15, -0.1) is 0 Å². The molecule has 19 heavy (non-hydrogen) atoms. The van der Waals surface area contributed by atoms with Crippen molar-refractivity contribution < 1.29 is 14.7 Å². The van der Waals surface area contributed by atoms with E-state index in [1.54, 1.807) is 20.0 Å². The predicted molar refractivity (Wildman–Crippen MR) is 70.6 cm³/mol. The Bertz CT molecular complexity index is 442. The lowest BCUT2D eigenvalue weighted by molar-refractivity contribution is -0.146. The SMILES string of the molecule is Cc1[nH]ncc1CCCNC(=O)C(C)C(C)C(=O)O. The number of aromatic amines is 1. The Morgan fingerprint density at radius 3 is 2.63 bits per heavy atom. The lowest BCUT2D eigenvalue weighted by Crippen LogP contribution is -2.35. The van der Waals surface area contributed by atoms with Crippen molar-refractivity contribution in [1.82, 2.24) is 15.5 Å². The summed E-state index contributed by atoms with van der Waals surface area (Å²) in [6.45, 7) is 5.67. The Balaban J connectivity index is 2.27. The zero-order valence-electron chi connectivity index (χ0n) is 11.6. The second kappa shape index (κ2) is 6.92. The lowest BCUT2D eigenvalue weighted by atomic mass is 9.95. The first kappa shape index (κ1) is 15.2. The first-order valence-electron chi connectivity index (χ1n) is 6.42. The number of nitrogens with one attached hydrogen (secondary N) is 2. The molecule has 0 bridgehead atoms. The van der Waals surface area contributed by atoms with Gasteiger partial charge in [-0.25, -0.2) is 0 Å². The number of aryl methyl sites for hydroxylation is 2. The summed E-state index contributed by atoms with van der Waals surface area (Å²) in [6, 6.07) is 0. The molecular weight excluding hydrogens is 246 g/mol. The Morgan fingerprint density at radius 2 is 2.11 bits per heavy atom. The van der Waals surface area contributed by atoms with Crippen LogP contribution in [0.4, 0.5) is 0 Å². The van der Waals surface area contributed by atoms with Crippen LogP contribution >= 0.6 is 0 Å². The highest BCUT2D eigenvalue weighted by molar-refractivity contribution is 5.84. The van der Waals surface area contributed by atoms with Crippen molar-refractivity contribution in [3.63, 3.8) is 0 Å². The minimum Gasteiger partial charge on any atom is -0.481 e. The molecule has 2 unspecified atom stereocenters. The molecule has 6 heteroatoms. The number of aromatic nitrogens is 2. The molecule has 1 aromatic rings. The van der Waals surface area contributed by atoms with Crippen LogP contribution in [0.3, 0.4) is 0 Å². The molecule has 0 aliphatic rings. The number of carboxylic acids is 1. The molecule has 3 N–H and O–H groups in total. The van der Waals surface area contributed by atoms with Crippen molar-refractivity contribution in [2.45, 2.75) is 33.6 Å². The summed E-state index contributed by atoms with van der Waals surface area (Å²) in [5.74, 6) is -2.35. The quantitative estimate of drug-likeness (QED) is 0.645. The number of hydrogen-bond donors (Lipinski definition) is 3. The van der Waals surface area contributed by atoms with Gasteiger partial charge in [-0.1, -0.05) is 13.8 Å². The highest BCUT2D eigenvalue weighted by atomic mass is 16.4. The number of amides is 1. The van der Waals surface area contributed by atoms with Crippen LogP contribution < -0.4 is 5.32 Å². The van der Waals surface area contributed by atoms with Gasteiger partial charge < -0.3 is 10.4 Å². The summed E-state index contributed by atoms with van der Waals surface area (Å²) < 4.78 is 0.